The van der Waals surface area contributed by atoms with Crippen LogP contribution in [0.15, 0.2) is 18.2 Å². The maximum absolute atomic E-state index is 12.4. The van der Waals surface area contributed by atoms with Crippen molar-refractivity contribution in [2.45, 2.75) is 39.7 Å². The molecule has 0 spiro atoms. The van der Waals surface area contributed by atoms with Gasteiger partial charge < -0.3 is 15.4 Å². The van der Waals surface area contributed by atoms with Gasteiger partial charge in [-0.3, -0.25) is 9.59 Å². The van der Waals surface area contributed by atoms with Gasteiger partial charge in [0.2, 0.25) is 5.91 Å². The Hall–Kier alpha value is -2.04. The van der Waals surface area contributed by atoms with E-state index in [1.165, 1.54) is 0 Å². The van der Waals surface area contributed by atoms with Gasteiger partial charge in [-0.15, -0.1) is 0 Å². The number of piperidine rings is 1. The molecule has 1 aromatic rings. The molecule has 5 heteroatoms. The fraction of sp³-hybridized carbons (Fsp3) is 0.529. The number of hydrogen-bond donors (Lipinski definition) is 1. The molecule has 0 radical (unpaired) electrons. The summed E-state index contributed by atoms with van der Waals surface area (Å²) in [5, 5.41) is 0. The first-order chi connectivity index (χ1) is 10.4. The molecular formula is C17H24N2O3. The van der Waals surface area contributed by atoms with Gasteiger partial charge in [0, 0.05) is 19.0 Å². The molecule has 0 bridgehead atoms. The van der Waals surface area contributed by atoms with Crippen LogP contribution in [0.25, 0.3) is 0 Å². The highest BCUT2D eigenvalue weighted by Gasteiger charge is 2.29. The third-order valence-electron chi connectivity index (χ3n) is 4.19. The van der Waals surface area contributed by atoms with E-state index < -0.39 is 6.10 Å². The fourth-order valence-corrected chi connectivity index (χ4v) is 2.81. The molecule has 5 nitrogen and oxygen atoms in total. The Morgan fingerprint density at radius 1 is 1.27 bits per heavy atom. The summed E-state index contributed by atoms with van der Waals surface area (Å²) in [5.41, 5.74) is 7.50. The van der Waals surface area contributed by atoms with E-state index in [0.717, 1.165) is 16.9 Å². The third kappa shape index (κ3) is 3.78. The topological polar surface area (TPSA) is 72.6 Å². The van der Waals surface area contributed by atoms with Gasteiger partial charge in [-0.2, -0.15) is 0 Å². The third-order valence-corrected chi connectivity index (χ3v) is 4.19. The second kappa shape index (κ2) is 6.81. The predicted molar refractivity (Wildman–Crippen MR) is 84.5 cm³/mol. The van der Waals surface area contributed by atoms with Crippen LogP contribution in [0.1, 0.15) is 30.9 Å². The van der Waals surface area contributed by atoms with Gasteiger partial charge in [-0.1, -0.05) is 17.7 Å². The lowest BCUT2D eigenvalue weighted by atomic mass is 9.96. The normalized spacial score (nSPS) is 17.1. The number of nitrogens with two attached hydrogens (primary N) is 1. The van der Waals surface area contributed by atoms with E-state index in [-0.39, 0.29) is 17.7 Å². The Kier molecular flexibility index (Phi) is 5.06. The summed E-state index contributed by atoms with van der Waals surface area (Å²) < 4.78 is 5.81. The number of primary amides is 1. The molecule has 22 heavy (non-hydrogen) atoms. The molecule has 2 N–H and O–H groups in total. The largest absolute Gasteiger partial charge is 0.481 e. The van der Waals surface area contributed by atoms with Crippen LogP contribution in [0, 0.1) is 19.8 Å². The van der Waals surface area contributed by atoms with Crippen LogP contribution in [0.4, 0.5) is 0 Å². The van der Waals surface area contributed by atoms with Crippen LogP contribution in [0.2, 0.25) is 0 Å². The summed E-state index contributed by atoms with van der Waals surface area (Å²) in [5.74, 6) is 0.313. The fourth-order valence-electron chi connectivity index (χ4n) is 2.81. The van der Waals surface area contributed by atoms with Crippen molar-refractivity contribution in [3.05, 3.63) is 29.3 Å². The number of nitrogens with zero attached hydrogens (tertiary/aromatic N) is 1. The number of rotatable bonds is 4. The Bertz CT molecular complexity index is 563. The first-order valence-electron chi connectivity index (χ1n) is 7.70. The molecule has 1 heterocycles. The number of benzene rings is 1. The van der Waals surface area contributed by atoms with Crippen LogP contribution in [0.3, 0.4) is 0 Å². The Morgan fingerprint density at radius 3 is 2.45 bits per heavy atom. The van der Waals surface area contributed by atoms with Crippen molar-refractivity contribution in [1.82, 2.24) is 4.90 Å². The predicted octanol–water partition coefficient (Wildman–Crippen LogP) is 1.79. The zero-order valence-electron chi connectivity index (χ0n) is 13.5. The number of likely N-dealkylation sites (tertiary alicyclic amines) is 1. The number of hydrogen-bond acceptors (Lipinski definition) is 3. The van der Waals surface area contributed by atoms with Crippen LogP contribution < -0.4 is 10.5 Å². The van der Waals surface area contributed by atoms with E-state index in [0.29, 0.717) is 25.9 Å². The maximum atomic E-state index is 12.4. The minimum atomic E-state index is -0.536. The van der Waals surface area contributed by atoms with Crippen molar-refractivity contribution in [2.24, 2.45) is 11.7 Å². The highest BCUT2D eigenvalue weighted by atomic mass is 16.5. The molecule has 2 amide bonds. The van der Waals surface area contributed by atoms with Crippen LogP contribution >= 0.6 is 0 Å². The molecule has 0 unspecified atom stereocenters. The molecule has 1 aromatic carbocycles. The van der Waals surface area contributed by atoms with Crippen molar-refractivity contribution >= 4 is 11.8 Å². The van der Waals surface area contributed by atoms with Crippen molar-refractivity contribution < 1.29 is 14.3 Å². The lowest BCUT2D eigenvalue weighted by molar-refractivity contribution is -0.140. The van der Waals surface area contributed by atoms with Crippen molar-refractivity contribution in [1.29, 1.82) is 0 Å². The van der Waals surface area contributed by atoms with Gasteiger partial charge >= 0.3 is 0 Å². The molecular weight excluding hydrogens is 280 g/mol. The number of carbonyl (C=O) groups excluding carboxylic acids is 2. The Morgan fingerprint density at radius 2 is 1.91 bits per heavy atom. The zero-order chi connectivity index (χ0) is 16.3. The SMILES string of the molecule is Cc1ccc(O[C@@H](C)C(=O)N2CCC(C(N)=O)CC2)c(C)c1. The molecule has 1 aliphatic heterocycles. The van der Waals surface area contributed by atoms with Crippen LogP contribution in [-0.2, 0) is 9.59 Å². The standard InChI is InChI=1S/C17H24N2O3/c1-11-4-5-15(12(2)10-11)22-13(3)17(21)19-8-6-14(7-9-19)16(18)20/h4-5,10,13-14H,6-9H2,1-3H3,(H2,18,20)/t13-/m0/s1. The monoisotopic (exact) mass is 304 g/mol. The van der Waals surface area contributed by atoms with Gasteiger partial charge in [0.25, 0.3) is 5.91 Å². The summed E-state index contributed by atoms with van der Waals surface area (Å²) in [6.45, 7) is 6.88. The lowest BCUT2D eigenvalue weighted by Crippen LogP contribution is -2.46. The first-order valence-corrected chi connectivity index (χ1v) is 7.70. The van der Waals surface area contributed by atoms with Crippen molar-refractivity contribution in [3.8, 4) is 5.75 Å². The Labute approximate surface area is 131 Å². The number of ether oxygens (including phenoxy) is 1. The van der Waals surface area contributed by atoms with Crippen LogP contribution in [-0.4, -0.2) is 35.9 Å². The Balaban J connectivity index is 1.94. The summed E-state index contributed by atoms with van der Waals surface area (Å²) in [4.78, 5) is 25.4. The van der Waals surface area contributed by atoms with E-state index in [2.05, 4.69) is 0 Å². The summed E-state index contributed by atoms with van der Waals surface area (Å²) >= 11 is 0. The van der Waals surface area contributed by atoms with E-state index in [9.17, 15) is 9.59 Å². The van der Waals surface area contributed by atoms with Crippen molar-refractivity contribution in [2.75, 3.05) is 13.1 Å². The highest BCUT2D eigenvalue weighted by Crippen LogP contribution is 2.22. The molecule has 1 fully saturated rings. The van der Waals surface area contributed by atoms with Gasteiger partial charge in [-0.25, -0.2) is 0 Å². The van der Waals surface area contributed by atoms with Gasteiger partial charge in [0.1, 0.15) is 5.75 Å². The number of aryl methyl sites for hydroxylation is 2. The second-order valence-electron chi connectivity index (χ2n) is 6.03. The van der Waals surface area contributed by atoms with Crippen molar-refractivity contribution in [3.63, 3.8) is 0 Å². The first kappa shape index (κ1) is 16.3. The average Bonchev–Trinajstić information content (AvgIpc) is 2.49. The molecule has 2 rings (SSSR count). The maximum Gasteiger partial charge on any atom is 0.263 e. The molecule has 1 atom stereocenters. The smallest absolute Gasteiger partial charge is 0.263 e. The summed E-state index contributed by atoms with van der Waals surface area (Å²) in [6.07, 6.45) is 0.737. The quantitative estimate of drug-likeness (QED) is 0.922. The molecule has 120 valence electrons. The molecule has 1 saturated heterocycles. The van der Waals surface area contributed by atoms with E-state index in [1.807, 2.05) is 32.0 Å². The van der Waals surface area contributed by atoms with E-state index in [1.54, 1.807) is 11.8 Å². The second-order valence-corrected chi connectivity index (χ2v) is 6.03. The molecule has 1 aliphatic rings. The molecule has 0 saturated carbocycles. The van der Waals surface area contributed by atoms with Gasteiger partial charge in [0.05, 0.1) is 0 Å². The van der Waals surface area contributed by atoms with Gasteiger partial charge in [0.15, 0.2) is 6.10 Å². The summed E-state index contributed by atoms with van der Waals surface area (Å²) in [6, 6.07) is 5.90. The average molecular weight is 304 g/mol. The summed E-state index contributed by atoms with van der Waals surface area (Å²) in [7, 11) is 0. The van der Waals surface area contributed by atoms with Gasteiger partial charge in [-0.05, 0) is 45.2 Å². The number of amides is 2. The highest BCUT2D eigenvalue weighted by molar-refractivity contribution is 5.82. The number of carbonyl (C=O) groups is 2. The molecule has 0 aromatic heterocycles. The van der Waals surface area contributed by atoms with Crippen LogP contribution in [0.5, 0.6) is 5.75 Å². The van der Waals surface area contributed by atoms with E-state index in [4.69, 9.17) is 10.5 Å². The minimum absolute atomic E-state index is 0.0390. The minimum Gasteiger partial charge on any atom is -0.481 e. The zero-order valence-corrected chi connectivity index (χ0v) is 13.5. The van der Waals surface area contributed by atoms with E-state index >= 15 is 0 Å². The lowest BCUT2D eigenvalue weighted by Gasteiger charge is -2.32. The molecule has 0 aliphatic carbocycles.